The fraction of sp³-hybridized carbons (Fsp3) is 0.143. The Balaban J connectivity index is 2.27. The van der Waals surface area contributed by atoms with Gasteiger partial charge in [-0.2, -0.15) is 0 Å². The summed E-state index contributed by atoms with van der Waals surface area (Å²) < 4.78 is 6.10. The number of halogens is 1. The van der Waals surface area contributed by atoms with Crippen molar-refractivity contribution in [3.05, 3.63) is 20.8 Å². The highest BCUT2D eigenvalue weighted by atomic mass is 79.9. The van der Waals surface area contributed by atoms with E-state index in [0.29, 0.717) is 0 Å². The second kappa shape index (κ2) is 3.36. The lowest BCUT2D eigenvalue weighted by Crippen LogP contribution is -2.20. The normalized spacial score (nSPS) is 21.5. The third-order valence-electron chi connectivity index (χ3n) is 1.54. The van der Waals surface area contributed by atoms with Crippen molar-refractivity contribution in [2.45, 2.75) is 6.10 Å². The summed E-state index contributed by atoms with van der Waals surface area (Å²) in [5.41, 5.74) is 0. The average molecular weight is 278 g/mol. The molecule has 1 unspecified atom stereocenters. The third kappa shape index (κ3) is 1.74. The summed E-state index contributed by atoms with van der Waals surface area (Å²) in [6.07, 6.45) is -0.566. The second-order valence-corrected chi connectivity index (χ2v) is 5.28. The predicted octanol–water partition coefficient (Wildman–Crippen LogP) is 1.98. The van der Waals surface area contributed by atoms with Crippen LogP contribution in [0.3, 0.4) is 0 Å². The van der Waals surface area contributed by atoms with Crippen LogP contribution >= 0.6 is 39.5 Å². The molecule has 1 saturated heterocycles. The van der Waals surface area contributed by atoms with Gasteiger partial charge in [0.25, 0.3) is 11.1 Å². The molecule has 1 aromatic rings. The van der Waals surface area contributed by atoms with Gasteiger partial charge in [0, 0.05) is 0 Å². The van der Waals surface area contributed by atoms with E-state index >= 15 is 0 Å². The van der Waals surface area contributed by atoms with Gasteiger partial charge in [0.15, 0.2) is 0 Å². The summed E-state index contributed by atoms with van der Waals surface area (Å²) in [4.78, 5) is 12.1. The third-order valence-corrected chi connectivity index (χ3v) is 3.41. The summed E-state index contributed by atoms with van der Waals surface area (Å²) in [7, 11) is 0. The average Bonchev–Trinajstić information content (AvgIpc) is 2.58. The molecule has 13 heavy (non-hydrogen) atoms. The van der Waals surface area contributed by atoms with Crippen LogP contribution in [0.2, 0.25) is 0 Å². The first-order valence-corrected chi connectivity index (χ1v) is 5.45. The Labute approximate surface area is 92.2 Å². The van der Waals surface area contributed by atoms with Crippen molar-refractivity contribution >= 4 is 50.6 Å². The predicted molar refractivity (Wildman–Crippen MR) is 56.6 cm³/mol. The van der Waals surface area contributed by atoms with Gasteiger partial charge in [0.1, 0.15) is 0 Å². The molecule has 0 bridgehead atoms. The number of amides is 1. The standard InChI is InChI=1S/C7H4BrNO2S2/c8-4-2-1-3(13-4)5-6(10)9-7(12)11-5/h1-2,5H,(H,9,10,12). The van der Waals surface area contributed by atoms with Crippen LogP contribution in [0.1, 0.15) is 11.0 Å². The Kier molecular flexibility index (Phi) is 2.35. The van der Waals surface area contributed by atoms with Gasteiger partial charge in [0.05, 0.1) is 8.66 Å². The topological polar surface area (TPSA) is 38.3 Å². The van der Waals surface area contributed by atoms with E-state index in [9.17, 15) is 4.79 Å². The number of thiocarbonyl (C=S) groups is 1. The molecule has 1 aliphatic heterocycles. The van der Waals surface area contributed by atoms with E-state index in [1.807, 2.05) is 12.1 Å². The summed E-state index contributed by atoms with van der Waals surface area (Å²) in [5, 5.41) is 2.59. The molecule has 0 aromatic carbocycles. The summed E-state index contributed by atoms with van der Waals surface area (Å²) in [5.74, 6) is -0.195. The molecule has 2 heterocycles. The molecule has 68 valence electrons. The Morgan fingerprint density at radius 1 is 1.62 bits per heavy atom. The highest BCUT2D eigenvalue weighted by Gasteiger charge is 2.32. The molecule has 1 fully saturated rings. The first-order chi connectivity index (χ1) is 6.16. The molecular formula is C7H4BrNO2S2. The maximum absolute atomic E-state index is 11.3. The summed E-state index contributed by atoms with van der Waals surface area (Å²) >= 11 is 9.49. The molecule has 1 N–H and O–H groups in total. The van der Waals surface area contributed by atoms with Crippen LogP contribution in [0.4, 0.5) is 0 Å². The molecule has 6 heteroatoms. The number of hydrogen-bond acceptors (Lipinski definition) is 4. The lowest BCUT2D eigenvalue weighted by molar-refractivity contribution is -0.123. The number of rotatable bonds is 1. The Morgan fingerprint density at radius 3 is 2.85 bits per heavy atom. The number of hydrogen-bond donors (Lipinski definition) is 1. The van der Waals surface area contributed by atoms with Gasteiger partial charge >= 0.3 is 0 Å². The molecule has 3 nitrogen and oxygen atoms in total. The minimum atomic E-state index is -0.566. The molecule has 0 spiro atoms. The fourth-order valence-electron chi connectivity index (χ4n) is 1.01. The van der Waals surface area contributed by atoms with E-state index < -0.39 is 6.10 Å². The van der Waals surface area contributed by atoms with Crippen molar-refractivity contribution in [2.75, 3.05) is 0 Å². The van der Waals surface area contributed by atoms with Crippen LogP contribution in [-0.4, -0.2) is 11.1 Å². The molecule has 0 saturated carbocycles. The zero-order chi connectivity index (χ0) is 9.42. The van der Waals surface area contributed by atoms with Crippen LogP contribution in [0.25, 0.3) is 0 Å². The molecule has 1 amide bonds. The van der Waals surface area contributed by atoms with Crippen molar-refractivity contribution in [2.24, 2.45) is 0 Å². The van der Waals surface area contributed by atoms with E-state index in [4.69, 9.17) is 17.0 Å². The zero-order valence-corrected chi connectivity index (χ0v) is 9.46. The minimum absolute atomic E-state index is 0.152. The van der Waals surface area contributed by atoms with Gasteiger partial charge in [-0.25, -0.2) is 0 Å². The van der Waals surface area contributed by atoms with Crippen LogP contribution in [0.5, 0.6) is 0 Å². The molecule has 1 aliphatic rings. The lowest BCUT2D eigenvalue weighted by Gasteiger charge is -2.01. The van der Waals surface area contributed by atoms with Crippen molar-refractivity contribution in [3.8, 4) is 0 Å². The summed E-state index contributed by atoms with van der Waals surface area (Å²) in [6.45, 7) is 0. The Bertz CT molecular complexity index is 376. The number of nitrogens with one attached hydrogen (secondary N) is 1. The highest BCUT2D eigenvalue weighted by Crippen LogP contribution is 2.31. The van der Waals surface area contributed by atoms with Gasteiger partial charge < -0.3 is 4.74 Å². The maximum Gasteiger partial charge on any atom is 0.274 e. The first kappa shape index (κ1) is 9.11. The maximum atomic E-state index is 11.3. The monoisotopic (exact) mass is 277 g/mol. The number of thiophene rings is 1. The van der Waals surface area contributed by atoms with Crippen LogP contribution < -0.4 is 5.32 Å². The van der Waals surface area contributed by atoms with Gasteiger partial charge in [-0.05, 0) is 40.3 Å². The van der Waals surface area contributed by atoms with Gasteiger partial charge in [0.2, 0.25) is 6.10 Å². The van der Waals surface area contributed by atoms with Crippen molar-refractivity contribution < 1.29 is 9.53 Å². The SMILES string of the molecule is O=C1NC(=S)OC1c1ccc(Br)s1. The molecule has 1 atom stereocenters. The van der Waals surface area contributed by atoms with Crippen molar-refractivity contribution in [3.63, 3.8) is 0 Å². The Hall–Kier alpha value is -0.460. The van der Waals surface area contributed by atoms with E-state index in [0.717, 1.165) is 8.66 Å². The van der Waals surface area contributed by atoms with Crippen LogP contribution in [0, 0.1) is 0 Å². The van der Waals surface area contributed by atoms with Gasteiger partial charge in [-0.1, -0.05) is 0 Å². The number of ether oxygens (including phenoxy) is 1. The molecule has 1 aromatic heterocycles. The van der Waals surface area contributed by atoms with E-state index in [1.165, 1.54) is 11.3 Å². The quantitative estimate of drug-likeness (QED) is 0.798. The zero-order valence-electron chi connectivity index (χ0n) is 6.24. The first-order valence-electron chi connectivity index (χ1n) is 3.43. The molecule has 0 aliphatic carbocycles. The smallest absolute Gasteiger partial charge is 0.274 e. The van der Waals surface area contributed by atoms with Gasteiger partial charge in [-0.15, -0.1) is 11.3 Å². The number of carbonyl (C=O) groups excluding carboxylic acids is 1. The highest BCUT2D eigenvalue weighted by molar-refractivity contribution is 9.11. The van der Waals surface area contributed by atoms with Crippen molar-refractivity contribution in [1.29, 1.82) is 0 Å². The second-order valence-electron chi connectivity index (χ2n) is 2.42. The van der Waals surface area contributed by atoms with Crippen molar-refractivity contribution in [1.82, 2.24) is 5.32 Å². The summed E-state index contributed by atoms with van der Waals surface area (Å²) in [6, 6.07) is 3.71. The van der Waals surface area contributed by atoms with Gasteiger partial charge in [-0.3, -0.25) is 10.1 Å². The fourth-order valence-corrected chi connectivity index (χ4v) is 2.66. The minimum Gasteiger partial charge on any atom is -0.451 e. The van der Waals surface area contributed by atoms with Crippen LogP contribution in [0.15, 0.2) is 15.9 Å². The molecule has 2 rings (SSSR count). The van der Waals surface area contributed by atoms with E-state index in [2.05, 4.69) is 21.2 Å². The van der Waals surface area contributed by atoms with E-state index in [-0.39, 0.29) is 11.1 Å². The largest absolute Gasteiger partial charge is 0.451 e. The molecular weight excluding hydrogens is 274 g/mol. The van der Waals surface area contributed by atoms with Crippen LogP contribution in [-0.2, 0) is 9.53 Å². The molecule has 0 radical (unpaired) electrons. The Morgan fingerprint density at radius 2 is 2.38 bits per heavy atom. The lowest BCUT2D eigenvalue weighted by atomic mass is 10.3. The van der Waals surface area contributed by atoms with E-state index in [1.54, 1.807) is 0 Å². The number of carbonyl (C=O) groups is 1.